The average molecular weight is 296 g/mol. The summed E-state index contributed by atoms with van der Waals surface area (Å²) in [6.07, 6.45) is 6.86. The fourth-order valence-electron chi connectivity index (χ4n) is 1.23. The molecule has 0 radical (unpaired) electrons. The maximum Gasteiger partial charge on any atom is 0.227 e. The van der Waals surface area contributed by atoms with Gasteiger partial charge in [0.25, 0.3) is 0 Å². The summed E-state index contributed by atoms with van der Waals surface area (Å²) < 4.78 is 2.33. The van der Waals surface area contributed by atoms with E-state index in [1.54, 1.807) is 10.9 Å². The number of carbonyl (C=O) groups excluding carboxylic acids is 1. The predicted octanol–water partition coefficient (Wildman–Crippen LogP) is 1.46. The number of nitrogens with zero attached hydrogens (tertiary/aromatic N) is 4. The van der Waals surface area contributed by atoms with Crippen LogP contribution in [0, 0.1) is 0 Å². The highest BCUT2D eigenvalue weighted by molar-refractivity contribution is 9.10. The van der Waals surface area contributed by atoms with Gasteiger partial charge in [0.1, 0.15) is 4.60 Å². The number of hydrogen-bond acceptors (Lipinski definition) is 4. The molecule has 1 amide bonds. The van der Waals surface area contributed by atoms with Crippen LogP contribution < -0.4 is 5.32 Å². The zero-order valence-electron chi connectivity index (χ0n) is 8.88. The molecule has 2 aromatic rings. The van der Waals surface area contributed by atoms with Gasteiger partial charge in [-0.25, -0.2) is 9.97 Å². The van der Waals surface area contributed by atoms with Gasteiger partial charge in [0.2, 0.25) is 5.91 Å². The molecule has 0 spiro atoms. The summed E-state index contributed by atoms with van der Waals surface area (Å²) in [4.78, 5) is 19.5. The first-order valence-electron chi connectivity index (χ1n) is 4.99. The Hall–Kier alpha value is -1.76. The van der Waals surface area contributed by atoms with Gasteiger partial charge < -0.3 is 5.32 Å². The summed E-state index contributed by atoms with van der Waals surface area (Å²) in [5.41, 5.74) is 0. The first-order valence-corrected chi connectivity index (χ1v) is 5.78. The lowest BCUT2D eigenvalue weighted by Gasteiger charge is -2.04. The summed E-state index contributed by atoms with van der Waals surface area (Å²) in [6, 6.07) is 1.82. The number of amides is 1. The molecule has 0 unspecified atom stereocenters. The molecule has 0 fully saturated rings. The van der Waals surface area contributed by atoms with Crippen LogP contribution in [0.4, 0.5) is 5.82 Å². The molecular weight excluding hydrogens is 286 g/mol. The number of aryl methyl sites for hydroxylation is 1. The highest BCUT2D eigenvalue weighted by Crippen LogP contribution is 2.06. The maximum atomic E-state index is 11.6. The molecule has 88 valence electrons. The van der Waals surface area contributed by atoms with E-state index in [1.807, 2.05) is 12.3 Å². The lowest BCUT2D eigenvalue weighted by Crippen LogP contribution is -2.15. The van der Waals surface area contributed by atoms with Gasteiger partial charge in [-0.2, -0.15) is 5.10 Å². The molecule has 17 heavy (non-hydrogen) atoms. The number of nitrogens with one attached hydrogen (secondary N) is 1. The molecule has 2 rings (SSSR count). The van der Waals surface area contributed by atoms with Crippen molar-refractivity contribution < 1.29 is 4.79 Å². The number of halogens is 1. The first kappa shape index (κ1) is 11.7. The number of anilines is 1. The van der Waals surface area contributed by atoms with Crippen LogP contribution in [0.3, 0.4) is 0 Å². The minimum Gasteiger partial charge on any atom is -0.309 e. The minimum absolute atomic E-state index is 0.114. The number of rotatable bonds is 4. The van der Waals surface area contributed by atoms with Gasteiger partial charge in [-0.3, -0.25) is 9.48 Å². The van der Waals surface area contributed by atoms with Gasteiger partial charge in [-0.05, 0) is 22.0 Å². The van der Waals surface area contributed by atoms with E-state index in [-0.39, 0.29) is 5.91 Å². The second kappa shape index (κ2) is 5.53. The van der Waals surface area contributed by atoms with Crippen LogP contribution in [0.25, 0.3) is 0 Å². The summed E-state index contributed by atoms with van der Waals surface area (Å²) in [7, 11) is 0. The molecule has 0 saturated heterocycles. The molecule has 0 aliphatic carbocycles. The van der Waals surface area contributed by atoms with Crippen molar-refractivity contribution >= 4 is 27.7 Å². The molecule has 0 aliphatic heterocycles. The molecule has 6 nitrogen and oxygen atoms in total. The number of aromatic nitrogens is 4. The molecule has 0 aromatic carbocycles. The summed E-state index contributed by atoms with van der Waals surface area (Å²) in [5, 5.41) is 6.67. The molecule has 2 aromatic heterocycles. The standard InChI is InChI=1S/C10H10BrN5O/c11-8-6-13-9(7-12-8)15-10(17)2-5-16-4-1-3-14-16/h1,3-4,6-7H,2,5H2,(H,13,15,17). The Bertz CT molecular complexity index is 482. The van der Waals surface area contributed by atoms with Crippen LogP contribution in [0.15, 0.2) is 35.5 Å². The van der Waals surface area contributed by atoms with Crippen LogP contribution in [-0.4, -0.2) is 25.7 Å². The Kier molecular flexibility index (Phi) is 3.81. The molecule has 1 N–H and O–H groups in total. The van der Waals surface area contributed by atoms with Crippen LogP contribution in [-0.2, 0) is 11.3 Å². The first-order chi connectivity index (χ1) is 8.24. The van der Waals surface area contributed by atoms with Gasteiger partial charge in [0, 0.05) is 25.4 Å². The zero-order chi connectivity index (χ0) is 12.1. The summed E-state index contributed by atoms with van der Waals surface area (Å²) in [6.45, 7) is 0.544. The van der Waals surface area contributed by atoms with Gasteiger partial charge >= 0.3 is 0 Å². The lowest BCUT2D eigenvalue weighted by atomic mass is 10.4. The van der Waals surface area contributed by atoms with Gasteiger partial charge in [-0.15, -0.1) is 0 Å². The Labute approximate surface area is 106 Å². The van der Waals surface area contributed by atoms with Crippen molar-refractivity contribution in [3.05, 3.63) is 35.5 Å². The molecule has 7 heteroatoms. The third kappa shape index (κ3) is 3.63. The van der Waals surface area contributed by atoms with E-state index in [0.29, 0.717) is 23.4 Å². The highest BCUT2D eigenvalue weighted by Gasteiger charge is 2.04. The van der Waals surface area contributed by atoms with E-state index in [1.165, 1.54) is 12.4 Å². The minimum atomic E-state index is -0.114. The van der Waals surface area contributed by atoms with E-state index in [9.17, 15) is 4.79 Å². The zero-order valence-corrected chi connectivity index (χ0v) is 10.5. The monoisotopic (exact) mass is 295 g/mol. The van der Waals surface area contributed by atoms with Crippen LogP contribution in [0.5, 0.6) is 0 Å². The average Bonchev–Trinajstić information content (AvgIpc) is 2.83. The second-order valence-electron chi connectivity index (χ2n) is 3.29. The van der Waals surface area contributed by atoms with Crippen molar-refractivity contribution in [1.82, 2.24) is 19.7 Å². The Morgan fingerprint density at radius 1 is 1.41 bits per heavy atom. The second-order valence-corrected chi connectivity index (χ2v) is 4.10. The van der Waals surface area contributed by atoms with E-state index < -0.39 is 0 Å². The molecule has 0 saturated carbocycles. The molecular formula is C10H10BrN5O. The van der Waals surface area contributed by atoms with E-state index in [0.717, 1.165) is 0 Å². The Morgan fingerprint density at radius 3 is 2.94 bits per heavy atom. The van der Waals surface area contributed by atoms with Crippen molar-refractivity contribution in [3.8, 4) is 0 Å². The topological polar surface area (TPSA) is 72.7 Å². The molecule has 0 atom stereocenters. The third-order valence-electron chi connectivity index (χ3n) is 2.01. The van der Waals surface area contributed by atoms with Crippen molar-refractivity contribution in [2.75, 3.05) is 5.32 Å². The number of hydrogen-bond donors (Lipinski definition) is 1. The normalized spacial score (nSPS) is 10.2. The quantitative estimate of drug-likeness (QED) is 0.927. The Morgan fingerprint density at radius 2 is 2.29 bits per heavy atom. The van der Waals surface area contributed by atoms with Gasteiger partial charge in [0.15, 0.2) is 5.82 Å². The third-order valence-corrected chi connectivity index (χ3v) is 2.42. The van der Waals surface area contributed by atoms with E-state index in [2.05, 4.69) is 36.3 Å². The molecule has 2 heterocycles. The van der Waals surface area contributed by atoms with Crippen LogP contribution in [0.1, 0.15) is 6.42 Å². The van der Waals surface area contributed by atoms with E-state index in [4.69, 9.17) is 0 Å². The fraction of sp³-hybridized carbons (Fsp3) is 0.200. The molecule has 0 aliphatic rings. The van der Waals surface area contributed by atoms with Crippen molar-refractivity contribution in [2.24, 2.45) is 0 Å². The highest BCUT2D eigenvalue weighted by atomic mass is 79.9. The van der Waals surface area contributed by atoms with E-state index >= 15 is 0 Å². The SMILES string of the molecule is O=C(CCn1cccn1)Nc1cnc(Br)cn1. The smallest absolute Gasteiger partial charge is 0.227 e. The van der Waals surface area contributed by atoms with Crippen LogP contribution in [0.2, 0.25) is 0 Å². The largest absolute Gasteiger partial charge is 0.309 e. The maximum absolute atomic E-state index is 11.6. The lowest BCUT2D eigenvalue weighted by molar-refractivity contribution is -0.116. The van der Waals surface area contributed by atoms with Crippen molar-refractivity contribution in [2.45, 2.75) is 13.0 Å². The Balaban J connectivity index is 1.83. The van der Waals surface area contributed by atoms with Crippen molar-refractivity contribution in [1.29, 1.82) is 0 Å². The number of carbonyl (C=O) groups is 1. The summed E-state index contributed by atoms with van der Waals surface area (Å²) in [5.74, 6) is 0.329. The van der Waals surface area contributed by atoms with Gasteiger partial charge in [-0.1, -0.05) is 0 Å². The predicted molar refractivity (Wildman–Crippen MR) is 65.2 cm³/mol. The van der Waals surface area contributed by atoms with Crippen LogP contribution >= 0.6 is 15.9 Å². The summed E-state index contributed by atoms with van der Waals surface area (Å²) >= 11 is 3.17. The molecule has 0 bridgehead atoms. The van der Waals surface area contributed by atoms with Gasteiger partial charge in [0.05, 0.1) is 12.4 Å². The fourth-order valence-corrected chi connectivity index (χ4v) is 1.44. The van der Waals surface area contributed by atoms with Crippen molar-refractivity contribution in [3.63, 3.8) is 0 Å².